The van der Waals surface area contributed by atoms with Crippen LogP contribution in [0.2, 0.25) is 0 Å². The molecule has 1 heterocycles. The van der Waals surface area contributed by atoms with Crippen molar-refractivity contribution in [3.05, 3.63) is 42.1 Å². The minimum Gasteiger partial charge on any atom is -0.310 e. The van der Waals surface area contributed by atoms with Crippen LogP contribution >= 0.6 is 0 Å². The van der Waals surface area contributed by atoms with Gasteiger partial charge in [-0.2, -0.15) is 5.10 Å². The summed E-state index contributed by atoms with van der Waals surface area (Å²) < 4.78 is 1.94. The molecule has 0 fully saturated rings. The number of nitrogens with zero attached hydrogens (tertiary/aromatic N) is 2. The molecule has 1 aromatic carbocycles. The average molecular weight is 229 g/mol. The zero-order chi connectivity index (χ0) is 12.5. The summed E-state index contributed by atoms with van der Waals surface area (Å²) in [7, 11) is 3.95. The number of hydrogen-bond acceptors (Lipinski definition) is 2. The molecule has 0 aliphatic carbocycles. The van der Waals surface area contributed by atoms with E-state index in [0.29, 0.717) is 0 Å². The van der Waals surface area contributed by atoms with E-state index in [4.69, 9.17) is 0 Å². The van der Waals surface area contributed by atoms with Crippen LogP contribution in [0, 0.1) is 0 Å². The minimum atomic E-state index is -0.0746. The number of rotatable bonds is 3. The van der Waals surface area contributed by atoms with Crippen molar-refractivity contribution >= 4 is 0 Å². The highest BCUT2D eigenvalue weighted by atomic mass is 15.3. The summed E-state index contributed by atoms with van der Waals surface area (Å²) >= 11 is 0. The fourth-order valence-electron chi connectivity index (χ4n) is 1.93. The van der Waals surface area contributed by atoms with E-state index >= 15 is 0 Å². The predicted molar refractivity (Wildman–Crippen MR) is 70.7 cm³/mol. The molecule has 17 heavy (non-hydrogen) atoms. The summed E-state index contributed by atoms with van der Waals surface area (Å²) in [5.74, 6) is 0. The molecule has 0 aliphatic rings. The van der Waals surface area contributed by atoms with Crippen molar-refractivity contribution in [1.82, 2.24) is 15.1 Å². The summed E-state index contributed by atoms with van der Waals surface area (Å²) in [6.45, 7) is 4.30. The lowest BCUT2D eigenvalue weighted by Gasteiger charge is -2.23. The molecular weight excluding hydrogens is 210 g/mol. The van der Waals surface area contributed by atoms with Crippen LogP contribution < -0.4 is 5.32 Å². The van der Waals surface area contributed by atoms with Crippen molar-refractivity contribution < 1.29 is 0 Å². The normalized spacial score (nSPS) is 11.8. The van der Waals surface area contributed by atoms with Gasteiger partial charge in [-0.15, -0.1) is 0 Å². The topological polar surface area (TPSA) is 29.9 Å². The van der Waals surface area contributed by atoms with E-state index in [-0.39, 0.29) is 5.54 Å². The third-order valence-corrected chi connectivity index (χ3v) is 3.21. The summed E-state index contributed by atoms with van der Waals surface area (Å²) in [5, 5.41) is 7.87. The molecule has 0 bridgehead atoms. The Hall–Kier alpha value is -1.61. The molecule has 0 amide bonds. The molecule has 0 saturated heterocycles. The molecule has 0 radical (unpaired) electrons. The Morgan fingerprint density at radius 2 is 1.82 bits per heavy atom. The van der Waals surface area contributed by atoms with Crippen LogP contribution in [0.25, 0.3) is 11.3 Å². The first-order valence-electron chi connectivity index (χ1n) is 5.83. The van der Waals surface area contributed by atoms with Gasteiger partial charge in [-0.1, -0.05) is 30.3 Å². The summed E-state index contributed by atoms with van der Waals surface area (Å²) in [4.78, 5) is 0. The van der Waals surface area contributed by atoms with E-state index in [1.54, 1.807) is 0 Å². The first kappa shape index (κ1) is 11.9. The number of hydrogen-bond donors (Lipinski definition) is 1. The highest BCUT2D eigenvalue weighted by Gasteiger charge is 2.22. The van der Waals surface area contributed by atoms with Crippen LogP contribution in [0.15, 0.2) is 36.4 Å². The van der Waals surface area contributed by atoms with Crippen LogP contribution in [-0.2, 0) is 12.6 Å². The number of benzene rings is 1. The van der Waals surface area contributed by atoms with Crippen molar-refractivity contribution in [2.45, 2.75) is 19.4 Å². The summed E-state index contributed by atoms with van der Waals surface area (Å²) in [6, 6.07) is 12.4. The lowest BCUT2D eigenvalue weighted by atomic mass is 10.00. The van der Waals surface area contributed by atoms with E-state index in [9.17, 15) is 0 Å². The SMILES string of the molecule is CNC(C)(C)c1cc(-c2ccccc2)nn1C. The van der Waals surface area contributed by atoms with Gasteiger partial charge in [0.15, 0.2) is 0 Å². The van der Waals surface area contributed by atoms with E-state index in [2.05, 4.69) is 42.5 Å². The molecule has 0 unspecified atom stereocenters. The van der Waals surface area contributed by atoms with Gasteiger partial charge in [-0.25, -0.2) is 0 Å². The summed E-state index contributed by atoms with van der Waals surface area (Å²) in [6.07, 6.45) is 0. The van der Waals surface area contributed by atoms with Crippen molar-refractivity contribution in [2.24, 2.45) is 7.05 Å². The van der Waals surface area contributed by atoms with Crippen molar-refractivity contribution in [3.63, 3.8) is 0 Å². The molecule has 1 aromatic heterocycles. The molecule has 2 rings (SSSR count). The quantitative estimate of drug-likeness (QED) is 0.876. The molecular formula is C14H19N3. The lowest BCUT2D eigenvalue weighted by molar-refractivity contribution is 0.410. The Balaban J connectivity index is 2.45. The standard InChI is InChI=1S/C14H19N3/c1-14(2,15-3)13-10-12(16-17(13)4)11-8-6-5-7-9-11/h5-10,15H,1-4H3. The van der Waals surface area contributed by atoms with Gasteiger partial charge in [0.1, 0.15) is 0 Å². The second-order valence-electron chi connectivity index (χ2n) is 4.78. The average Bonchev–Trinajstić information content (AvgIpc) is 2.73. The Kier molecular flexibility index (Phi) is 3.03. The van der Waals surface area contributed by atoms with Crippen LogP contribution in [0.4, 0.5) is 0 Å². The highest BCUT2D eigenvalue weighted by Crippen LogP contribution is 2.25. The largest absolute Gasteiger partial charge is 0.310 e. The fourth-order valence-corrected chi connectivity index (χ4v) is 1.93. The van der Waals surface area contributed by atoms with Crippen LogP contribution in [0.3, 0.4) is 0 Å². The third-order valence-electron chi connectivity index (χ3n) is 3.21. The second-order valence-corrected chi connectivity index (χ2v) is 4.78. The fraction of sp³-hybridized carbons (Fsp3) is 0.357. The molecule has 0 aliphatic heterocycles. The Bertz CT molecular complexity index is 497. The number of aryl methyl sites for hydroxylation is 1. The second kappa shape index (κ2) is 4.34. The zero-order valence-electron chi connectivity index (χ0n) is 10.9. The van der Waals surface area contributed by atoms with Gasteiger partial charge in [-0.3, -0.25) is 4.68 Å². The Morgan fingerprint density at radius 3 is 2.41 bits per heavy atom. The smallest absolute Gasteiger partial charge is 0.0926 e. The van der Waals surface area contributed by atoms with Gasteiger partial charge in [0.25, 0.3) is 0 Å². The Morgan fingerprint density at radius 1 is 1.18 bits per heavy atom. The molecule has 1 N–H and O–H groups in total. The zero-order valence-corrected chi connectivity index (χ0v) is 10.9. The molecule has 90 valence electrons. The maximum atomic E-state index is 4.57. The van der Waals surface area contributed by atoms with Crippen molar-refractivity contribution in [1.29, 1.82) is 0 Å². The van der Waals surface area contributed by atoms with Crippen LogP contribution in [-0.4, -0.2) is 16.8 Å². The van der Waals surface area contributed by atoms with Gasteiger partial charge in [0, 0.05) is 12.6 Å². The first-order valence-corrected chi connectivity index (χ1v) is 5.83. The van der Waals surface area contributed by atoms with Crippen LogP contribution in [0.5, 0.6) is 0 Å². The number of nitrogens with one attached hydrogen (secondary N) is 1. The van der Waals surface area contributed by atoms with E-state index < -0.39 is 0 Å². The van der Waals surface area contributed by atoms with E-state index in [1.807, 2.05) is 37.0 Å². The van der Waals surface area contributed by atoms with Gasteiger partial charge in [0.2, 0.25) is 0 Å². The highest BCUT2D eigenvalue weighted by molar-refractivity contribution is 5.59. The summed E-state index contributed by atoms with van der Waals surface area (Å²) in [5.41, 5.74) is 3.28. The van der Waals surface area contributed by atoms with Gasteiger partial charge in [-0.05, 0) is 27.0 Å². The third kappa shape index (κ3) is 2.24. The number of aromatic nitrogens is 2. The maximum absolute atomic E-state index is 4.57. The molecule has 0 spiro atoms. The van der Waals surface area contributed by atoms with Gasteiger partial charge >= 0.3 is 0 Å². The Labute approximate surface area is 102 Å². The molecule has 0 saturated carbocycles. The molecule has 3 heteroatoms. The predicted octanol–water partition coefficient (Wildman–Crippen LogP) is 2.54. The van der Waals surface area contributed by atoms with Crippen molar-refractivity contribution in [3.8, 4) is 11.3 Å². The lowest BCUT2D eigenvalue weighted by Crippen LogP contribution is -2.35. The maximum Gasteiger partial charge on any atom is 0.0926 e. The van der Waals surface area contributed by atoms with Crippen molar-refractivity contribution in [2.75, 3.05) is 7.05 Å². The van der Waals surface area contributed by atoms with Gasteiger partial charge < -0.3 is 5.32 Å². The molecule has 0 atom stereocenters. The molecule has 2 aromatic rings. The minimum absolute atomic E-state index is 0.0746. The van der Waals surface area contributed by atoms with Crippen LogP contribution in [0.1, 0.15) is 19.5 Å². The monoisotopic (exact) mass is 229 g/mol. The van der Waals surface area contributed by atoms with E-state index in [0.717, 1.165) is 11.3 Å². The van der Waals surface area contributed by atoms with Gasteiger partial charge in [0.05, 0.1) is 16.9 Å². The van der Waals surface area contributed by atoms with E-state index in [1.165, 1.54) is 5.69 Å². The first-order chi connectivity index (χ1) is 8.04. The molecule has 3 nitrogen and oxygen atoms in total.